The molecule has 0 unspecified atom stereocenters. The molecule has 0 aliphatic rings. The van der Waals surface area contributed by atoms with Crippen molar-refractivity contribution in [2.45, 2.75) is 39.5 Å². The second-order valence-electron chi connectivity index (χ2n) is 5.89. The molecule has 2 aromatic rings. The number of halogens is 2. The fourth-order valence-electron chi connectivity index (χ4n) is 2.49. The SMILES string of the molecule is CCC/C=C/c1ccc(/C(F)=C(/F)c2ccc(CCC)cc2)cc1. The number of unbranched alkanes of at least 4 members (excludes halogenated alkanes) is 1. The van der Waals surface area contributed by atoms with Gasteiger partial charge in [0, 0.05) is 11.1 Å². The molecule has 24 heavy (non-hydrogen) atoms. The first kappa shape index (κ1) is 18.1. The first-order valence-electron chi connectivity index (χ1n) is 8.57. The van der Waals surface area contributed by atoms with E-state index >= 15 is 0 Å². The van der Waals surface area contributed by atoms with Gasteiger partial charge in [-0.1, -0.05) is 87.4 Å². The number of allylic oxidation sites excluding steroid dienone is 1. The van der Waals surface area contributed by atoms with Gasteiger partial charge in [-0.05, 0) is 24.0 Å². The Morgan fingerprint density at radius 2 is 1.33 bits per heavy atom. The summed E-state index contributed by atoms with van der Waals surface area (Å²) in [5.74, 6) is -1.63. The quantitative estimate of drug-likeness (QED) is 0.471. The summed E-state index contributed by atoms with van der Waals surface area (Å²) in [7, 11) is 0. The van der Waals surface area contributed by atoms with Crippen molar-refractivity contribution in [3.63, 3.8) is 0 Å². The van der Waals surface area contributed by atoms with Crippen LogP contribution in [0.4, 0.5) is 8.78 Å². The van der Waals surface area contributed by atoms with Gasteiger partial charge >= 0.3 is 0 Å². The average Bonchev–Trinajstić information content (AvgIpc) is 2.62. The lowest BCUT2D eigenvalue weighted by molar-refractivity contribution is 0.700. The highest BCUT2D eigenvalue weighted by Gasteiger charge is 2.11. The first-order valence-corrected chi connectivity index (χ1v) is 8.57. The van der Waals surface area contributed by atoms with Crippen LogP contribution in [0.1, 0.15) is 55.4 Å². The van der Waals surface area contributed by atoms with E-state index in [4.69, 9.17) is 0 Å². The van der Waals surface area contributed by atoms with Gasteiger partial charge in [0.05, 0.1) is 0 Å². The van der Waals surface area contributed by atoms with E-state index < -0.39 is 11.7 Å². The Labute approximate surface area is 143 Å². The molecule has 126 valence electrons. The fraction of sp³-hybridized carbons (Fsp3) is 0.273. The van der Waals surface area contributed by atoms with Crippen molar-refractivity contribution in [3.8, 4) is 0 Å². The van der Waals surface area contributed by atoms with Gasteiger partial charge in [0.1, 0.15) is 0 Å². The third-order valence-electron chi connectivity index (χ3n) is 3.87. The molecule has 2 heteroatoms. The van der Waals surface area contributed by atoms with E-state index in [9.17, 15) is 8.78 Å². The van der Waals surface area contributed by atoms with Crippen LogP contribution in [-0.2, 0) is 6.42 Å². The number of hydrogen-bond acceptors (Lipinski definition) is 0. The topological polar surface area (TPSA) is 0 Å². The third-order valence-corrected chi connectivity index (χ3v) is 3.87. The number of benzene rings is 2. The average molecular weight is 326 g/mol. The van der Waals surface area contributed by atoms with Crippen LogP contribution >= 0.6 is 0 Å². The molecular formula is C22H24F2. The standard InChI is InChI=1S/C22H24F2/c1-3-5-6-8-18-11-15-20(16-12-18)22(24)21(23)19-13-9-17(7-4-2)10-14-19/h6,8-16H,3-5,7H2,1-2H3/b8-6+,22-21-. The van der Waals surface area contributed by atoms with Crippen LogP contribution in [-0.4, -0.2) is 0 Å². The van der Waals surface area contributed by atoms with Gasteiger partial charge in [0.2, 0.25) is 0 Å². The zero-order valence-electron chi connectivity index (χ0n) is 14.4. The van der Waals surface area contributed by atoms with E-state index in [0.29, 0.717) is 0 Å². The van der Waals surface area contributed by atoms with Gasteiger partial charge in [0.15, 0.2) is 11.7 Å². The van der Waals surface area contributed by atoms with Crippen LogP contribution in [0.15, 0.2) is 54.6 Å². The summed E-state index contributed by atoms with van der Waals surface area (Å²) < 4.78 is 28.8. The molecule has 0 spiro atoms. The van der Waals surface area contributed by atoms with Crippen molar-refractivity contribution in [3.05, 3.63) is 76.9 Å². The van der Waals surface area contributed by atoms with Crippen LogP contribution in [0.25, 0.3) is 17.7 Å². The summed E-state index contributed by atoms with van der Waals surface area (Å²) in [5, 5.41) is 0. The van der Waals surface area contributed by atoms with Gasteiger partial charge in [-0.15, -0.1) is 0 Å². The fourth-order valence-corrected chi connectivity index (χ4v) is 2.49. The lowest BCUT2D eigenvalue weighted by Gasteiger charge is -2.04. The van der Waals surface area contributed by atoms with Gasteiger partial charge < -0.3 is 0 Å². The van der Waals surface area contributed by atoms with Crippen molar-refractivity contribution in [1.82, 2.24) is 0 Å². The number of rotatable bonds is 7. The minimum atomic E-state index is -0.817. The molecule has 0 aromatic heterocycles. The summed E-state index contributed by atoms with van der Waals surface area (Å²) >= 11 is 0. The predicted molar refractivity (Wildman–Crippen MR) is 99.9 cm³/mol. The van der Waals surface area contributed by atoms with Crippen molar-refractivity contribution in [2.75, 3.05) is 0 Å². The zero-order chi connectivity index (χ0) is 17.4. The van der Waals surface area contributed by atoms with E-state index in [1.54, 1.807) is 36.4 Å². The highest BCUT2D eigenvalue weighted by molar-refractivity contribution is 5.83. The van der Waals surface area contributed by atoms with Crippen LogP contribution < -0.4 is 0 Å². The Bertz CT molecular complexity index is 692. The van der Waals surface area contributed by atoms with E-state index in [0.717, 1.165) is 36.8 Å². The monoisotopic (exact) mass is 326 g/mol. The minimum absolute atomic E-state index is 0.262. The lowest BCUT2D eigenvalue weighted by atomic mass is 10.0. The summed E-state index contributed by atoms with van der Waals surface area (Å²) in [5.41, 5.74) is 2.67. The van der Waals surface area contributed by atoms with Crippen LogP contribution in [0.2, 0.25) is 0 Å². The maximum absolute atomic E-state index is 14.4. The Morgan fingerprint density at radius 1 is 0.792 bits per heavy atom. The number of aryl methyl sites for hydroxylation is 1. The normalized spacial score (nSPS) is 12.5. The van der Waals surface area contributed by atoms with Gasteiger partial charge in [-0.3, -0.25) is 0 Å². The van der Waals surface area contributed by atoms with E-state index in [-0.39, 0.29) is 11.1 Å². The molecule has 0 amide bonds. The Morgan fingerprint density at radius 3 is 1.83 bits per heavy atom. The molecular weight excluding hydrogens is 302 g/mol. The summed E-state index contributed by atoms with van der Waals surface area (Å²) in [4.78, 5) is 0. The molecule has 0 aliphatic carbocycles. The Hall–Kier alpha value is -2.22. The molecule has 0 saturated carbocycles. The summed E-state index contributed by atoms with van der Waals surface area (Å²) in [6.45, 7) is 4.21. The second-order valence-corrected chi connectivity index (χ2v) is 5.89. The Balaban J connectivity index is 2.18. The van der Waals surface area contributed by atoms with Gasteiger partial charge in [-0.2, -0.15) is 0 Å². The van der Waals surface area contributed by atoms with Gasteiger partial charge in [0.25, 0.3) is 0 Å². The van der Waals surface area contributed by atoms with E-state index in [2.05, 4.69) is 19.9 Å². The largest absolute Gasteiger partial charge is 0.203 e. The zero-order valence-corrected chi connectivity index (χ0v) is 14.4. The van der Waals surface area contributed by atoms with Crippen LogP contribution in [0.5, 0.6) is 0 Å². The molecule has 0 saturated heterocycles. The molecule has 0 heterocycles. The molecule has 0 atom stereocenters. The molecule has 2 aromatic carbocycles. The van der Waals surface area contributed by atoms with Crippen molar-refractivity contribution in [1.29, 1.82) is 0 Å². The first-order chi connectivity index (χ1) is 11.7. The summed E-state index contributed by atoms with van der Waals surface area (Å²) in [6, 6.07) is 13.8. The highest BCUT2D eigenvalue weighted by Crippen LogP contribution is 2.29. The van der Waals surface area contributed by atoms with Crippen molar-refractivity contribution in [2.24, 2.45) is 0 Å². The van der Waals surface area contributed by atoms with E-state index in [1.165, 1.54) is 0 Å². The smallest absolute Gasteiger partial charge is 0.166 e. The predicted octanol–water partition coefficient (Wildman–Crippen LogP) is 7.22. The van der Waals surface area contributed by atoms with Gasteiger partial charge in [-0.25, -0.2) is 8.78 Å². The molecule has 0 nitrogen and oxygen atoms in total. The molecule has 0 bridgehead atoms. The molecule has 0 radical (unpaired) electrons. The summed E-state index contributed by atoms with van der Waals surface area (Å²) in [6.07, 6.45) is 8.16. The second kappa shape index (κ2) is 9.17. The maximum Gasteiger partial charge on any atom is 0.166 e. The Kier molecular flexibility index (Phi) is 6.92. The molecule has 2 rings (SSSR count). The number of hydrogen-bond donors (Lipinski definition) is 0. The van der Waals surface area contributed by atoms with Crippen LogP contribution in [0, 0.1) is 0 Å². The third kappa shape index (κ3) is 4.89. The molecule has 0 N–H and O–H groups in total. The maximum atomic E-state index is 14.4. The van der Waals surface area contributed by atoms with E-state index in [1.807, 2.05) is 18.2 Å². The molecule has 0 fully saturated rings. The van der Waals surface area contributed by atoms with Crippen molar-refractivity contribution >= 4 is 17.7 Å². The minimum Gasteiger partial charge on any atom is -0.203 e. The molecule has 0 aliphatic heterocycles. The van der Waals surface area contributed by atoms with Crippen LogP contribution in [0.3, 0.4) is 0 Å². The highest BCUT2D eigenvalue weighted by atomic mass is 19.2. The van der Waals surface area contributed by atoms with Crippen molar-refractivity contribution < 1.29 is 8.78 Å². The lowest BCUT2D eigenvalue weighted by Crippen LogP contribution is -1.87.